The molecule has 0 rings (SSSR count). The second kappa shape index (κ2) is 8.70. The average Bonchev–Trinajstić information content (AvgIpc) is 1.90. The van der Waals surface area contributed by atoms with Crippen molar-refractivity contribution in [2.75, 3.05) is 7.05 Å². The Balaban J connectivity index is -0.000000196. The summed E-state index contributed by atoms with van der Waals surface area (Å²) in [6.45, 7) is 4.00. The third-order valence-electron chi connectivity index (χ3n) is 0.574. The largest absolute Gasteiger partial charge is 0.465 e. The van der Waals surface area contributed by atoms with Crippen LogP contribution in [0, 0.1) is 0 Å². The predicted molar refractivity (Wildman–Crippen MR) is 40.2 cm³/mol. The van der Waals surface area contributed by atoms with Gasteiger partial charge in [-0.05, 0) is 0 Å². The van der Waals surface area contributed by atoms with Crippen LogP contribution in [0.1, 0.15) is 13.8 Å². The molecule has 2 amide bonds. The van der Waals surface area contributed by atoms with Crippen molar-refractivity contribution in [3.05, 3.63) is 0 Å². The van der Waals surface area contributed by atoms with Crippen LogP contribution in [0.5, 0.6) is 0 Å². The van der Waals surface area contributed by atoms with Gasteiger partial charge in [0.25, 0.3) is 0 Å². The lowest BCUT2D eigenvalue weighted by Crippen LogP contribution is -2.29. The lowest BCUT2D eigenvalue weighted by Gasteiger charge is -2.02. The van der Waals surface area contributed by atoms with Crippen molar-refractivity contribution >= 4 is 12.2 Å². The highest BCUT2D eigenvalue weighted by molar-refractivity contribution is 5.84. The summed E-state index contributed by atoms with van der Waals surface area (Å²) in [5, 5.41) is 15.8. The number of hydrogen-bond acceptors (Lipinski definition) is 3. The van der Waals surface area contributed by atoms with Crippen LogP contribution in [0.4, 0.5) is 9.59 Å². The number of nitrogens with zero attached hydrogens (tertiary/aromatic N) is 1. The molecule has 0 aliphatic carbocycles. The van der Waals surface area contributed by atoms with E-state index in [-0.39, 0.29) is 11.1 Å². The monoisotopic (exact) mass is 166 g/mol. The molecule has 0 aromatic heterocycles. The molecule has 5 N–H and O–H groups in total. The molecule has 6 heteroatoms. The molecule has 11 heavy (non-hydrogen) atoms. The molecule has 0 spiro atoms. The number of hydrogen-bond donors (Lipinski definition) is 3. The zero-order valence-corrected chi connectivity index (χ0v) is 6.87. The van der Waals surface area contributed by atoms with Crippen LogP contribution >= 0.6 is 0 Å². The van der Waals surface area contributed by atoms with E-state index < -0.39 is 12.2 Å². The number of carboxylic acid groups (broad SMARTS) is 2. The second-order valence-corrected chi connectivity index (χ2v) is 1.12. The summed E-state index contributed by atoms with van der Waals surface area (Å²) in [7, 11) is 0.949. The topological polar surface area (TPSA) is 113 Å². The predicted octanol–water partition coefficient (Wildman–Crippen LogP) is 1.46. The van der Waals surface area contributed by atoms with Crippen molar-refractivity contribution in [3.8, 4) is 0 Å². The van der Waals surface area contributed by atoms with Crippen molar-refractivity contribution in [2.24, 2.45) is 0 Å². The molecule has 0 aromatic carbocycles. The van der Waals surface area contributed by atoms with Crippen LogP contribution in [0.3, 0.4) is 0 Å². The zero-order valence-electron chi connectivity index (χ0n) is 6.87. The Hall–Kier alpha value is -1.30. The molecule has 0 aromatic rings. The Bertz CT molecular complexity index is 112. The molecular formula is C5H14N2O4. The summed E-state index contributed by atoms with van der Waals surface area (Å²) in [6, 6.07) is 0. The van der Waals surface area contributed by atoms with E-state index in [9.17, 15) is 9.59 Å². The normalized spacial score (nSPS) is 6.45. The molecule has 0 radical (unpaired) electrons. The third kappa shape index (κ3) is 8.70. The Morgan fingerprint density at radius 3 is 1.27 bits per heavy atom. The second-order valence-electron chi connectivity index (χ2n) is 1.12. The van der Waals surface area contributed by atoms with Gasteiger partial charge in [-0.1, -0.05) is 13.8 Å². The van der Waals surface area contributed by atoms with Gasteiger partial charge in [0.15, 0.2) is 0 Å². The first-order valence-corrected chi connectivity index (χ1v) is 2.75. The van der Waals surface area contributed by atoms with Gasteiger partial charge < -0.3 is 16.4 Å². The highest BCUT2D eigenvalue weighted by atomic mass is 16.4. The highest BCUT2D eigenvalue weighted by Crippen LogP contribution is 1.81. The third-order valence-corrected chi connectivity index (χ3v) is 0.574. The Kier molecular flexibility index (Phi) is 12.9. The van der Waals surface area contributed by atoms with Gasteiger partial charge in [0.2, 0.25) is 0 Å². The van der Waals surface area contributed by atoms with E-state index in [1.54, 1.807) is 0 Å². The van der Waals surface area contributed by atoms with E-state index in [0.717, 1.165) is 7.05 Å². The molecule has 6 nitrogen and oxygen atoms in total. The molecule has 0 bridgehead atoms. The minimum Gasteiger partial charge on any atom is -0.465 e. The van der Waals surface area contributed by atoms with Gasteiger partial charge in [-0.3, -0.25) is 0 Å². The van der Waals surface area contributed by atoms with Gasteiger partial charge in [0.05, 0.1) is 0 Å². The van der Waals surface area contributed by atoms with Gasteiger partial charge in [-0.25, -0.2) is 14.5 Å². The lowest BCUT2D eigenvalue weighted by molar-refractivity contribution is 0.132. The molecule has 0 aliphatic heterocycles. The van der Waals surface area contributed by atoms with Gasteiger partial charge in [-0.15, -0.1) is 0 Å². The summed E-state index contributed by atoms with van der Waals surface area (Å²) in [4.78, 5) is 19.5. The fourth-order valence-corrected chi connectivity index (χ4v) is 0.0818. The maximum atomic E-state index is 9.69. The van der Waals surface area contributed by atoms with Gasteiger partial charge in [0.1, 0.15) is 0 Å². The molecule has 0 aliphatic rings. The summed E-state index contributed by atoms with van der Waals surface area (Å²) in [5.74, 6) is 0. The van der Waals surface area contributed by atoms with E-state index in [0.29, 0.717) is 0 Å². The van der Waals surface area contributed by atoms with Crippen molar-refractivity contribution in [1.29, 1.82) is 0 Å². The molecule has 0 saturated heterocycles. The smallest absolute Gasteiger partial charge is 0.416 e. The molecule has 0 saturated carbocycles. The van der Waals surface area contributed by atoms with Crippen molar-refractivity contribution < 1.29 is 19.8 Å². The maximum absolute atomic E-state index is 9.69. The fraction of sp³-hybridized carbons (Fsp3) is 0.600. The first-order valence-electron chi connectivity index (χ1n) is 2.75. The summed E-state index contributed by atoms with van der Waals surface area (Å²) < 4.78 is 0. The average molecular weight is 166 g/mol. The van der Waals surface area contributed by atoms with Gasteiger partial charge in [0, 0.05) is 7.05 Å². The number of rotatable bonds is 0. The van der Waals surface area contributed by atoms with Crippen LogP contribution in [0.2, 0.25) is 0 Å². The number of amides is 2. The van der Waals surface area contributed by atoms with E-state index in [4.69, 9.17) is 10.2 Å². The summed E-state index contributed by atoms with van der Waals surface area (Å²) in [5.41, 5.74) is 0. The standard InChI is InChI=1S/C3H5NO4.C2H6.H3N/c1-4(2(5)6)3(7)8;1-2;/h1H3,(H,5,6)(H,7,8);1-2H3;1H3. The minimum atomic E-state index is -1.47. The number of carbonyl (C=O) groups is 2. The van der Waals surface area contributed by atoms with E-state index >= 15 is 0 Å². The van der Waals surface area contributed by atoms with Crippen LogP contribution in [-0.4, -0.2) is 34.3 Å². The van der Waals surface area contributed by atoms with Crippen molar-refractivity contribution in [1.82, 2.24) is 11.1 Å². The summed E-state index contributed by atoms with van der Waals surface area (Å²) >= 11 is 0. The maximum Gasteiger partial charge on any atom is 0.416 e. The molecule has 0 atom stereocenters. The Labute approximate surface area is 65.0 Å². The van der Waals surface area contributed by atoms with E-state index in [2.05, 4.69) is 0 Å². The summed E-state index contributed by atoms with van der Waals surface area (Å²) in [6.07, 6.45) is -2.95. The van der Waals surface area contributed by atoms with Crippen molar-refractivity contribution in [3.63, 3.8) is 0 Å². The minimum absolute atomic E-state index is 0. The van der Waals surface area contributed by atoms with Crippen LogP contribution in [0.15, 0.2) is 0 Å². The molecule has 0 fully saturated rings. The molecule has 0 unspecified atom stereocenters. The van der Waals surface area contributed by atoms with Crippen LogP contribution in [0.25, 0.3) is 0 Å². The zero-order chi connectivity index (χ0) is 8.73. The quantitative estimate of drug-likeness (QED) is 0.504. The SMILES string of the molecule is CC.CN(C(=O)O)C(=O)O.N. The van der Waals surface area contributed by atoms with E-state index in [1.807, 2.05) is 13.8 Å². The first-order chi connectivity index (χ1) is 4.55. The van der Waals surface area contributed by atoms with Gasteiger partial charge in [-0.2, -0.15) is 0 Å². The lowest BCUT2D eigenvalue weighted by atomic mass is 10.9. The first kappa shape index (κ1) is 16.4. The molecule has 0 heterocycles. The van der Waals surface area contributed by atoms with Crippen LogP contribution in [-0.2, 0) is 0 Å². The molecular weight excluding hydrogens is 152 g/mol. The van der Waals surface area contributed by atoms with Gasteiger partial charge >= 0.3 is 12.2 Å². The highest BCUT2D eigenvalue weighted by Gasteiger charge is 2.11. The fourth-order valence-electron chi connectivity index (χ4n) is 0.0818. The molecule has 68 valence electrons. The van der Waals surface area contributed by atoms with Crippen LogP contribution < -0.4 is 6.15 Å². The van der Waals surface area contributed by atoms with E-state index in [1.165, 1.54) is 0 Å². The Morgan fingerprint density at radius 2 is 1.27 bits per heavy atom. The van der Waals surface area contributed by atoms with Crippen molar-refractivity contribution in [2.45, 2.75) is 13.8 Å². The Morgan fingerprint density at radius 1 is 1.09 bits per heavy atom. The number of imide groups is 1.